The van der Waals surface area contributed by atoms with E-state index < -0.39 is 0 Å². The number of thiophene rings is 1. The van der Waals surface area contributed by atoms with Gasteiger partial charge in [-0.3, -0.25) is 28.9 Å². The van der Waals surface area contributed by atoms with Crippen molar-refractivity contribution in [3.63, 3.8) is 0 Å². The molecule has 10 heteroatoms. The number of carbonyl (C=O) groups excluding carboxylic acids is 3. The first-order valence-corrected chi connectivity index (χ1v) is 13.0. The number of thioether (sulfide) groups is 1. The van der Waals surface area contributed by atoms with E-state index in [-0.39, 0.29) is 30.1 Å². The van der Waals surface area contributed by atoms with E-state index in [1.165, 1.54) is 16.9 Å². The van der Waals surface area contributed by atoms with E-state index in [1.54, 1.807) is 24.5 Å². The highest BCUT2D eigenvalue weighted by Gasteiger charge is 2.34. The van der Waals surface area contributed by atoms with E-state index in [9.17, 15) is 14.4 Å². The Labute approximate surface area is 216 Å². The summed E-state index contributed by atoms with van der Waals surface area (Å²) in [6.07, 6.45) is 4.92. The third-order valence-electron chi connectivity index (χ3n) is 5.76. The van der Waals surface area contributed by atoms with Gasteiger partial charge in [0.1, 0.15) is 4.83 Å². The number of pyridine rings is 1. The molecule has 1 aromatic carbocycles. The lowest BCUT2D eigenvalue weighted by atomic mass is 10.1. The second-order valence-corrected chi connectivity index (χ2v) is 10.5. The Balaban J connectivity index is 1.22. The standard InChI is InChI=1S/C26H23N5O3S2/c1-16-5-7-18(8-6-16)15-31-25-20(17(2)29-31)13-21(35-25)23(32)28-10-11-30-24(33)22(36-26(30)34)12-19-4-3-9-27-14-19/h3-9,12-14H,10-11,15H2,1-2H3,(H,28,32). The van der Waals surface area contributed by atoms with Crippen LogP contribution in [0.3, 0.4) is 0 Å². The lowest BCUT2D eigenvalue weighted by molar-refractivity contribution is -0.122. The highest BCUT2D eigenvalue weighted by molar-refractivity contribution is 8.18. The molecule has 1 aliphatic heterocycles. The minimum atomic E-state index is -0.364. The molecule has 0 atom stereocenters. The second kappa shape index (κ2) is 10.1. The molecule has 8 nitrogen and oxygen atoms in total. The summed E-state index contributed by atoms with van der Waals surface area (Å²) in [6.45, 7) is 4.88. The van der Waals surface area contributed by atoms with Crippen molar-refractivity contribution in [3.05, 3.63) is 87.0 Å². The van der Waals surface area contributed by atoms with Gasteiger partial charge < -0.3 is 5.32 Å². The molecule has 1 saturated heterocycles. The van der Waals surface area contributed by atoms with E-state index >= 15 is 0 Å². The summed E-state index contributed by atoms with van der Waals surface area (Å²) in [5.74, 6) is -0.604. The SMILES string of the molecule is Cc1ccc(Cn2nc(C)c3cc(C(=O)NCCN4C(=O)SC(=Cc5cccnc5)C4=O)sc32)cc1. The van der Waals surface area contributed by atoms with Gasteiger partial charge in [0.05, 0.1) is 22.0 Å². The fourth-order valence-electron chi connectivity index (χ4n) is 3.87. The van der Waals surface area contributed by atoms with Crippen LogP contribution in [0.25, 0.3) is 16.3 Å². The van der Waals surface area contributed by atoms with Crippen molar-refractivity contribution in [1.29, 1.82) is 0 Å². The van der Waals surface area contributed by atoms with Crippen molar-refractivity contribution >= 4 is 56.4 Å². The van der Waals surface area contributed by atoms with Crippen molar-refractivity contribution in [1.82, 2.24) is 25.0 Å². The summed E-state index contributed by atoms with van der Waals surface area (Å²) in [5, 5.41) is 8.07. The molecule has 1 aliphatic rings. The Morgan fingerprint density at radius 3 is 2.69 bits per heavy atom. The first-order chi connectivity index (χ1) is 17.4. The normalized spacial score (nSPS) is 14.8. The summed E-state index contributed by atoms with van der Waals surface area (Å²) in [4.78, 5) is 44.9. The number of hydrogen-bond donors (Lipinski definition) is 1. The molecule has 1 fully saturated rings. The summed E-state index contributed by atoms with van der Waals surface area (Å²) >= 11 is 2.27. The molecule has 1 N–H and O–H groups in total. The van der Waals surface area contributed by atoms with Gasteiger partial charge in [-0.1, -0.05) is 35.9 Å². The first kappa shape index (κ1) is 24.0. The fraction of sp³-hybridized carbons (Fsp3) is 0.192. The number of aryl methyl sites for hydroxylation is 2. The van der Waals surface area contributed by atoms with Crippen LogP contribution < -0.4 is 5.32 Å². The minimum Gasteiger partial charge on any atom is -0.350 e. The molecule has 0 unspecified atom stereocenters. The maximum Gasteiger partial charge on any atom is 0.293 e. The van der Waals surface area contributed by atoms with Gasteiger partial charge in [-0.25, -0.2) is 0 Å². The van der Waals surface area contributed by atoms with Crippen LogP contribution in [-0.2, 0) is 11.3 Å². The van der Waals surface area contributed by atoms with Crippen LogP contribution in [0.2, 0.25) is 0 Å². The van der Waals surface area contributed by atoms with Gasteiger partial charge in [-0.15, -0.1) is 11.3 Å². The van der Waals surface area contributed by atoms with E-state index in [0.29, 0.717) is 16.3 Å². The number of nitrogens with zero attached hydrogens (tertiary/aromatic N) is 4. The van der Waals surface area contributed by atoms with Gasteiger partial charge in [0.15, 0.2) is 0 Å². The molecule has 3 aromatic heterocycles. The van der Waals surface area contributed by atoms with E-state index in [1.807, 2.05) is 23.7 Å². The first-order valence-electron chi connectivity index (χ1n) is 11.3. The monoisotopic (exact) mass is 517 g/mol. The van der Waals surface area contributed by atoms with Gasteiger partial charge in [-0.2, -0.15) is 5.10 Å². The van der Waals surface area contributed by atoms with Crippen LogP contribution in [0, 0.1) is 13.8 Å². The van der Waals surface area contributed by atoms with Gasteiger partial charge in [0.2, 0.25) is 0 Å². The van der Waals surface area contributed by atoms with E-state index in [0.717, 1.165) is 43.7 Å². The zero-order valence-corrected chi connectivity index (χ0v) is 21.4. The largest absolute Gasteiger partial charge is 0.350 e. The molecule has 0 spiro atoms. The number of carbonyl (C=O) groups is 3. The van der Waals surface area contributed by atoms with E-state index in [2.05, 4.69) is 46.6 Å². The Morgan fingerprint density at radius 1 is 1.14 bits per heavy atom. The van der Waals surface area contributed by atoms with Crippen molar-refractivity contribution in [2.24, 2.45) is 0 Å². The molecule has 0 saturated carbocycles. The Morgan fingerprint density at radius 2 is 1.94 bits per heavy atom. The average Bonchev–Trinajstić information content (AvgIpc) is 3.51. The number of imide groups is 1. The topological polar surface area (TPSA) is 97.2 Å². The number of rotatable bonds is 7. The molecule has 0 aliphatic carbocycles. The summed E-state index contributed by atoms with van der Waals surface area (Å²) in [7, 11) is 0. The van der Waals surface area contributed by atoms with Crippen LogP contribution in [0.5, 0.6) is 0 Å². The molecule has 0 bridgehead atoms. The lowest BCUT2D eigenvalue weighted by Crippen LogP contribution is -2.37. The van der Waals surface area contributed by atoms with Crippen molar-refractivity contribution in [3.8, 4) is 0 Å². The second-order valence-electron chi connectivity index (χ2n) is 8.43. The highest BCUT2D eigenvalue weighted by Crippen LogP contribution is 2.32. The molecule has 36 heavy (non-hydrogen) atoms. The average molecular weight is 518 g/mol. The highest BCUT2D eigenvalue weighted by atomic mass is 32.2. The number of benzene rings is 1. The maximum atomic E-state index is 12.8. The van der Waals surface area contributed by atoms with Crippen LogP contribution in [0.1, 0.15) is 32.1 Å². The molecular weight excluding hydrogens is 494 g/mol. The number of nitrogens with one attached hydrogen (secondary N) is 1. The predicted molar refractivity (Wildman–Crippen MR) is 142 cm³/mol. The number of amides is 3. The Hall–Kier alpha value is -3.76. The predicted octanol–water partition coefficient (Wildman–Crippen LogP) is 4.62. The lowest BCUT2D eigenvalue weighted by Gasteiger charge is -2.12. The van der Waals surface area contributed by atoms with Crippen LogP contribution >= 0.6 is 23.1 Å². The van der Waals surface area contributed by atoms with Gasteiger partial charge in [0.25, 0.3) is 17.1 Å². The van der Waals surface area contributed by atoms with Crippen LogP contribution in [0.4, 0.5) is 4.79 Å². The molecule has 182 valence electrons. The van der Waals surface area contributed by atoms with Crippen LogP contribution in [0.15, 0.2) is 59.8 Å². The molecule has 4 aromatic rings. The molecule has 5 rings (SSSR count). The van der Waals surface area contributed by atoms with Crippen molar-refractivity contribution in [2.75, 3.05) is 13.1 Å². The summed E-state index contributed by atoms with van der Waals surface area (Å²) < 4.78 is 1.92. The van der Waals surface area contributed by atoms with Crippen LogP contribution in [-0.4, -0.2) is 49.8 Å². The number of fused-ring (bicyclic) bond motifs is 1. The smallest absolute Gasteiger partial charge is 0.293 e. The zero-order valence-electron chi connectivity index (χ0n) is 19.7. The van der Waals surface area contributed by atoms with E-state index in [4.69, 9.17) is 0 Å². The Kier molecular flexibility index (Phi) is 6.71. The maximum absolute atomic E-state index is 12.8. The van der Waals surface area contributed by atoms with Gasteiger partial charge in [-0.05, 0) is 54.9 Å². The van der Waals surface area contributed by atoms with Gasteiger partial charge >= 0.3 is 0 Å². The quantitative estimate of drug-likeness (QED) is 0.359. The molecular formula is C26H23N5O3S2. The summed E-state index contributed by atoms with van der Waals surface area (Å²) in [5.41, 5.74) is 3.95. The zero-order chi connectivity index (χ0) is 25.2. The molecule has 4 heterocycles. The fourth-order valence-corrected chi connectivity index (χ4v) is 5.81. The van der Waals surface area contributed by atoms with Gasteiger partial charge in [0, 0.05) is 30.9 Å². The molecule has 0 radical (unpaired) electrons. The number of aromatic nitrogens is 3. The third-order valence-corrected chi connectivity index (χ3v) is 7.82. The summed E-state index contributed by atoms with van der Waals surface area (Å²) in [6, 6.07) is 13.7. The number of hydrogen-bond acceptors (Lipinski definition) is 7. The molecule has 3 amide bonds. The third kappa shape index (κ3) is 4.95. The Bertz CT molecular complexity index is 1490. The van der Waals surface area contributed by atoms with Crippen molar-refractivity contribution < 1.29 is 14.4 Å². The van der Waals surface area contributed by atoms with Crippen molar-refractivity contribution in [2.45, 2.75) is 20.4 Å². The minimum absolute atomic E-state index is 0.103.